The molecule has 2 N–H and O–H groups in total. The lowest BCUT2D eigenvalue weighted by Crippen LogP contribution is -2.06. The molecule has 0 bridgehead atoms. The van der Waals surface area contributed by atoms with Crippen molar-refractivity contribution in [2.75, 3.05) is 0 Å². The van der Waals surface area contributed by atoms with E-state index >= 15 is 0 Å². The largest absolute Gasteiger partial charge is 0.507 e. The highest BCUT2D eigenvalue weighted by Crippen LogP contribution is 2.39. The fraction of sp³-hybridized carbons (Fsp3) is 0.100. The summed E-state index contributed by atoms with van der Waals surface area (Å²) >= 11 is 10.7. The van der Waals surface area contributed by atoms with Crippen LogP contribution in [0.4, 0.5) is 0 Å². The monoisotopic (exact) mass is 492 g/mol. The Morgan fingerprint density at radius 2 is 2.07 bits per heavy atom. The average Bonchev–Trinajstić information content (AvgIpc) is 3.29. The molecule has 29 heavy (non-hydrogen) atoms. The topological polar surface area (TPSA) is 84.6 Å². The van der Waals surface area contributed by atoms with Gasteiger partial charge in [-0.25, -0.2) is 9.78 Å². The molecule has 0 aliphatic heterocycles. The number of phenols is 1. The molecule has 2 aromatic carbocycles. The number of nitrogens with zero attached hydrogens (tertiary/aromatic N) is 2. The molecular formula is C20H14BrClN2O4S. The van der Waals surface area contributed by atoms with Gasteiger partial charge in [-0.05, 0) is 41.1 Å². The second-order valence-electron chi connectivity index (χ2n) is 6.25. The zero-order valence-corrected chi connectivity index (χ0v) is 18.1. The summed E-state index contributed by atoms with van der Waals surface area (Å²) in [6.07, 6.45) is 1.13. The van der Waals surface area contributed by atoms with Crippen molar-refractivity contribution in [2.45, 2.75) is 13.0 Å². The van der Waals surface area contributed by atoms with E-state index in [4.69, 9.17) is 16.3 Å². The van der Waals surface area contributed by atoms with Crippen LogP contribution in [0.1, 0.15) is 28.3 Å². The van der Waals surface area contributed by atoms with Crippen molar-refractivity contribution in [1.29, 1.82) is 0 Å². The van der Waals surface area contributed by atoms with Crippen molar-refractivity contribution in [3.8, 4) is 16.5 Å². The molecule has 0 fully saturated rings. The van der Waals surface area contributed by atoms with Crippen LogP contribution in [0.25, 0.3) is 16.0 Å². The molecule has 0 unspecified atom stereocenters. The summed E-state index contributed by atoms with van der Waals surface area (Å²) in [6.45, 7) is 1.81. The van der Waals surface area contributed by atoms with Gasteiger partial charge in [0.05, 0.1) is 15.5 Å². The number of halogens is 2. The number of thiophene rings is 1. The van der Waals surface area contributed by atoms with Crippen LogP contribution in [0.5, 0.6) is 11.5 Å². The Balaban J connectivity index is 1.78. The Kier molecular flexibility index (Phi) is 5.24. The van der Waals surface area contributed by atoms with Gasteiger partial charge in [0, 0.05) is 16.7 Å². The summed E-state index contributed by atoms with van der Waals surface area (Å²) < 4.78 is 8.16. The van der Waals surface area contributed by atoms with Crippen LogP contribution in [-0.4, -0.2) is 25.7 Å². The summed E-state index contributed by atoms with van der Waals surface area (Å²) in [5.74, 6) is -0.782. The van der Waals surface area contributed by atoms with Gasteiger partial charge in [0.2, 0.25) is 0 Å². The van der Waals surface area contributed by atoms with Crippen molar-refractivity contribution >= 4 is 55.9 Å². The van der Waals surface area contributed by atoms with Gasteiger partial charge in [0.1, 0.15) is 28.9 Å². The quantitative estimate of drug-likeness (QED) is 0.354. The molecule has 0 aliphatic carbocycles. The van der Waals surface area contributed by atoms with Gasteiger partial charge < -0.3 is 14.9 Å². The number of aromatic carboxylic acids is 1. The minimum atomic E-state index is -1.09. The first kappa shape index (κ1) is 19.8. The summed E-state index contributed by atoms with van der Waals surface area (Å²) in [6, 6.07) is 12.1. The number of imidazole rings is 1. The third-order valence-corrected chi connectivity index (χ3v) is 6.62. The van der Waals surface area contributed by atoms with E-state index < -0.39 is 12.1 Å². The standard InChI is InChI=1S/C20H14BrClN2O4S/c1-10(11-4-2-3-5-12(11)22)28-15-8-16(29-19(15)20(26)27)24-9-23-13-6-7-14(25)17(21)18(13)24/h2-10,25H,1H3,(H,26,27)/t10-/m1/s1. The summed E-state index contributed by atoms with van der Waals surface area (Å²) in [7, 11) is 0. The molecule has 0 spiro atoms. The second kappa shape index (κ2) is 7.70. The molecule has 0 saturated heterocycles. The number of phenolic OH excluding ortho intramolecular Hbond substituents is 1. The third-order valence-electron chi connectivity index (χ3n) is 4.39. The lowest BCUT2D eigenvalue weighted by molar-refractivity contribution is 0.0696. The van der Waals surface area contributed by atoms with E-state index in [0.29, 0.717) is 25.5 Å². The zero-order chi connectivity index (χ0) is 20.7. The van der Waals surface area contributed by atoms with Crippen LogP contribution < -0.4 is 4.74 Å². The van der Waals surface area contributed by atoms with Crippen LogP contribution in [0.2, 0.25) is 5.02 Å². The number of carboxylic acids is 1. The van der Waals surface area contributed by atoms with Gasteiger partial charge >= 0.3 is 5.97 Å². The molecule has 0 saturated carbocycles. The number of ether oxygens (including phenoxy) is 1. The molecule has 2 aromatic heterocycles. The first-order valence-corrected chi connectivity index (χ1v) is 10.5. The van der Waals surface area contributed by atoms with E-state index in [2.05, 4.69) is 20.9 Å². The van der Waals surface area contributed by atoms with E-state index in [1.54, 1.807) is 35.2 Å². The number of fused-ring (bicyclic) bond motifs is 1. The zero-order valence-electron chi connectivity index (χ0n) is 15.0. The number of aromatic nitrogens is 2. The number of hydrogen-bond acceptors (Lipinski definition) is 5. The van der Waals surface area contributed by atoms with Crippen LogP contribution in [-0.2, 0) is 0 Å². The van der Waals surface area contributed by atoms with Crippen LogP contribution in [0.3, 0.4) is 0 Å². The molecule has 4 rings (SSSR count). The number of hydrogen-bond donors (Lipinski definition) is 2. The lowest BCUT2D eigenvalue weighted by Gasteiger charge is -2.15. The molecule has 6 nitrogen and oxygen atoms in total. The number of rotatable bonds is 5. The summed E-state index contributed by atoms with van der Waals surface area (Å²) in [5, 5.41) is 20.8. The van der Waals surface area contributed by atoms with Crippen LogP contribution in [0, 0.1) is 0 Å². The predicted molar refractivity (Wildman–Crippen MR) is 116 cm³/mol. The maximum atomic E-state index is 11.8. The van der Waals surface area contributed by atoms with Crippen molar-refractivity contribution in [3.63, 3.8) is 0 Å². The van der Waals surface area contributed by atoms with Crippen molar-refractivity contribution in [3.05, 3.63) is 68.7 Å². The van der Waals surface area contributed by atoms with E-state index in [0.717, 1.165) is 16.9 Å². The summed E-state index contributed by atoms with van der Waals surface area (Å²) in [4.78, 5) is 16.2. The van der Waals surface area contributed by atoms with E-state index in [-0.39, 0.29) is 16.4 Å². The van der Waals surface area contributed by atoms with Crippen molar-refractivity contribution < 1.29 is 19.7 Å². The minimum Gasteiger partial charge on any atom is -0.507 e. The number of aromatic hydroxyl groups is 1. The number of benzene rings is 2. The molecule has 2 heterocycles. The molecule has 148 valence electrons. The Morgan fingerprint density at radius 3 is 2.79 bits per heavy atom. The molecule has 0 radical (unpaired) electrons. The predicted octanol–water partition coefficient (Wildman–Crippen LogP) is 6.05. The van der Waals surface area contributed by atoms with Gasteiger partial charge in [-0.1, -0.05) is 29.8 Å². The van der Waals surface area contributed by atoms with Gasteiger partial charge in [-0.15, -0.1) is 11.3 Å². The molecule has 0 aliphatic rings. The molecule has 0 amide bonds. The lowest BCUT2D eigenvalue weighted by atomic mass is 10.1. The normalized spacial score (nSPS) is 12.2. The van der Waals surface area contributed by atoms with Crippen molar-refractivity contribution in [1.82, 2.24) is 9.55 Å². The van der Waals surface area contributed by atoms with Gasteiger partial charge in [0.15, 0.2) is 4.88 Å². The number of carbonyl (C=O) groups is 1. The highest BCUT2D eigenvalue weighted by molar-refractivity contribution is 9.10. The molecule has 9 heteroatoms. The van der Waals surface area contributed by atoms with E-state index in [1.807, 2.05) is 25.1 Å². The Labute approximate surface area is 183 Å². The maximum Gasteiger partial charge on any atom is 0.349 e. The second-order valence-corrected chi connectivity index (χ2v) is 8.48. The van der Waals surface area contributed by atoms with E-state index in [9.17, 15) is 15.0 Å². The summed E-state index contributed by atoms with van der Waals surface area (Å²) in [5.41, 5.74) is 2.06. The SMILES string of the molecule is C[C@@H](Oc1cc(-n2cnc3ccc(O)c(Br)c32)sc1C(=O)O)c1ccccc1Cl. The van der Waals surface area contributed by atoms with Crippen LogP contribution in [0.15, 0.2) is 53.3 Å². The molecule has 4 aromatic rings. The highest BCUT2D eigenvalue weighted by atomic mass is 79.9. The molecular weight excluding hydrogens is 480 g/mol. The van der Waals surface area contributed by atoms with Gasteiger partial charge in [0.25, 0.3) is 0 Å². The minimum absolute atomic E-state index is 0.0667. The Bertz CT molecular complexity index is 1240. The van der Waals surface area contributed by atoms with Gasteiger partial charge in [-0.3, -0.25) is 4.57 Å². The maximum absolute atomic E-state index is 11.8. The van der Waals surface area contributed by atoms with Crippen molar-refractivity contribution in [2.24, 2.45) is 0 Å². The Morgan fingerprint density at radius 1 is 1.31 bits per heavy atom. The fourth-order valence-electron chi connectivity index (χ4n) is 3.00. The Hall–Kier alpha value is -2.55. The molecule has 1 atom stereocenters. The highest BCUT2D eigenvalue weighted by Gasteiger charge is 2.22. The first-order chi connectivity index (χ1) is 13.9. The van der Waals surface area contributed by atoms with Gasteiger partial charge in [-0.2, -0.15) is 0 Å². The van der Waals surface area contributed by atoms with E-state index in [1.165, 1.54) is 0 Å². The fourth-order valence-corrected chi connectivity index (χ4v) is 4.72. The average molecular weight is 494 g/mol. The number of carboxylic acid groups (broad SMARTS) is 1. The van der Waals surface area contributed by atoms with Crippen LogP contribution >= 0.6 is 38.9 Å². The first-order valence-electron chi connectivity index (χ1n) is 8.50. The third kappa shape index (κ3) is 3.59. The smallest absolute Gasteiger partial charge is 0.349 e.